The van der Waals surface area contributed by atoms with E-state index in [4.69, 9.17) is 0 Å². The molecular formula is C16H17BrFNS. The summed E-state index contributed by atoms with van der Waals surface area (Å²) >= 11 is 5.38. The fourth-order valence-corrected chi connectivity index (χ4v) is 3.58. The van der Waals surface area contributed by atoms with E-state index in [1.54, 1.807) is 0 Å². The van der Waals surface area contributed by atoms with Gasteiger partial charge in [0.25, 0.3) is 0 Å². The average Bonchev–Trinajstić information content (AvgIpc) is 2.47. The summed E-state index contributed by atoms with van der Waals surface area (Å²) in [5.74, 6) is 0.786. The summed E-state index contributed by atoms with van der Waals surface area (Å²) in [4.78, 5) is 1.24. The maximum atomic E-state index is 12.9. The Balaban J connectivity index is 1.92. The van der Waals surface area contributed by atoms with Crippen LogP contribution < -0.4 is 5.32 Å². The van der Waals surface area contributed by atoms with Crippen molar-refractivity contribution in [1.82, 2.24) is 5.32 Å². The van der Waals surface area contributed by atoms with Crippen molar-refractivity contribution in [2.75, 3.05) is 12.8 Å². The molecule has 0 radical (unpaired) electrons. The van der Waals surface area contributed by atoms with Crippen LogP contribution in [0.1, 0.15) is 5.56 Å². The first-order chi connectivity index (χ1) is 9.69. The molecule has 2 rings (SSSR count). The predicted octanol–water partition coefficient (Wildman–Crippen LogP) is 4.51. The number of nitrogens with one attached hydrogen (secondary N) is 1. The number of rotatable bonds is 6. The number of benzene rings is 2. The molecule has 0 heterocycles. The minimum atomic E-state index is -0.183. The second kappa shape index (κ2) is 7.81. The minimum Gasteiger partial charge on any atom is -0.316 e. The third-order valence-corrected chi connectivity index (χ3v) is 5.27. The molecule has 0 aromatic heterocycles. The van der Waals surface area contributed by atoms with E-state index >= 15 is 0 Å². The van der Waals surface area contributed by atoms with Gasteiger partial charge in [-0.2, -0.15) is 0 Å². The predicted molar refractivity (Wildman–Crippen MR) is 87.8 cm³/mol. The Morgan fingerprint density at radius 1 is 1.15 bits per heavy atom. The Morgan fingerprint density at radius 2 is 1.85 bits per heavy atom. The van der Waals surface area contributed by atoms with Crippen LogP contribution >= 0.6 is 27.7 Å². The molecule has 0 aliphatic rings. The van der Waals surface area contributed by atoms with Crippen molar-refractivity contribution in [3.05, 3.63) is 64.4 Å². The molecule has 2 aromatic carbocycles. The first-order valence-corrected chi connectivity index (χ1v) is 8.26. The molecule has 0 saturated heterocycles. The number of thioether (sulfide) groups is 1. The van der Waals surface area contributed by atoms with Gasteiger partial charge in [0.2, 0.25) is 0 Å². The van der Waals surface area contributed by atoms with E-state index in [0.717, 1.165) is 22.2 Å². The van der Waals surface area contributed by atoms with E-state index in [9.17, 15) is 4.39 Å². The summed E-state index contributed by atoms with van der Waals surface area (Å²) in [7, 11) is 1.97. The van der Waals surface area contributed by atoms with Gasteiger partial charge in [-0.15, -0.1) is 11.8 Å². The van der Waals surface area contributed by atoms with E-state index in [1.807, 2.05) is 43.1 Å². The van der Waals surface area contributed by atoms with Crippen molar-refractivity contribution in [3.8, 4) is 0 Å². The monoisotopic (exact) mass is 353 g/mol. The lowest BCUT2D eigenvalue weighted by Gasteiger charge is -2.16. The van der Waals surface area contributed by atoms with Gasteiger partial charge < -0.3 is 5.32 Å². The van der Waals surface area contributed by atoms with Gasteiger partial charge in [0.15, 0.2) is 0 Å². The van der Waals surface area contributed by atoms with E-state index in [0.29, 0.717) is 6.04 Å². The zero-order valence-corrected chi connectivity index (χ0v) is 13.7. The summed E-state index contributed by atoms with van der Waals surface area (Å²) < 4.78 is 14.0. The molecule has 0 aliphatic heterocycles. The van der Waals surface area contributed by atoms with Crippen LogP contribution in [-0.4, -0.2) is 18.8 Å². The molecule has 1 N–H and O–H groups in total. The van der Waals surface area contributed by atoms with Gasteiger partial charge in [0.1, 0.15) is 5.82 Å². The van der Waals surface area contributed by atoms with Gasteiger partial charge in [0.05, 0.1) is 0 Å². The topological polar surface area (TPSA) is 12.0 Å². The standard InChI is InChI=1S/C16H17BrFNS/c1-19-14(10-12-6-8-13(18)9-7-12)11-20-16-5-3-2-4-15(16)17/h2-9,14,19H,10-11H2,1H3. The second-order valence-corrected chi connectivity index (χ2v) is 6.47. The quantitative estimate of drug-likeness (QED) is 0.766. The minimum absolute atomic E-state index is 0.183. The lowest BCUT2D eigenvalue weighted by Crippen LogP contribution is -2.30. The first-order valence-electron chi connectivity index (χ1n) is 6.48. The lowest BCUT2D eigenvalue weighted by atomic mass is 10.1. The molecule has 0 aliphatic carbocycles. The smallest absolute Gasteiger partial charge is 0.123 e. The number of likely N-dealkylation sites (N-methyl/N-ethyl adjacent to an activating group) is 1. The molecule has 2 aromatic rings. The van der Waals surface area contributed by atoms with Gasteiger partial charge in [-0.05, 0) is 59.2 Å². The molecule has 20 heavy (non-hydrogen) atoms. The van der Waals surface area contributed by atoms with Gasteiger partial charge >= 0.3 is 0 Å². The van der Waals surface area contributed by atoms with Crippen LogP contribution in [0.5, 0.6) is 0 Å². The number of halogens is 2. The average molecular weight is 354 g/mol. The van der Waals surface area contributed by atoms with Crippen molar-refractivity contribution in [2.45, 2.75) is 17.4 Å². The lowest BCUT2D eigenvalue weighted by molar-refractivity contribution is 0.609. The second-order valence-electron chi connectivity index (χ2n) is 4.56. The van der Waals surface area contributed by atoms with E-state index < -0.39 is 0 Å². The molecule has 1 nitrogen and oxygen atoms in total. The van der Waals surface area contributed by atoms with Crippen LogP contribution in [-0.2, 0) is 6.42 Å². The highest BCUT2D eigenvalue weighted by Gasteiger charge is 2.09. The number of hydrogen-bond donors (Lipinski definition) is 1. The molecular weight excluding hydrogens is 337 g/mol. The zero-order chi connectivity index (χ0) is 14.4. The van der Waals surface area contributed by atoms with Gasteiger partial charge in [-0.3, -0.25) is 0 Å². The van der Waals surface area contributed by atoms with Crippen molar-refractivity contribution in [2.24, 2.45) is 0 Å². The highest BCUT2D eigenvalue weighted by atomic mass is 79.9. The van der Waals surface area contributed by atoms with E-state index in [-0.39, 0.29) is 5.82 Å². The molecule has 0 spiro atoms. The Hall–Kier alpha value is -0.840. The molecule has 4 heteroatoms. The zero-order valence-electron chi connectivity index (χ0n) is 11.3. The SMILES string of the molecule is CNC(CSc1ccccc1Br)Cc1ccc(F)cc1. The van der Waals surface area contributed by atoms with Crippen LogP contribution in [0.15, 0.2) is 57.9 Å². The Kier molecular flexibility index (Phi) is 6.07. The molecule has 1 unspecified atom stereocenters. The molecule has 1 atom stereocenters. The third-order valence-electron chi connectivity index (χ3n) is 3.08. The summed E-state index contributed by atoms with van der Waals surface area (Å²) in [6.45, 7) is 0. The largest absolute Gasteiger partial charge is 0.316 e. The third kappa shape index (κ3) is 4.62. The van der Waals surface area contributed by atoms with Crippen LogP contribution in [0.2, 0.25) is 0 Å². The molecule has 0 bridgehead atoms. The first kappa shape index (κ1) is 15.5. The Morgan fingerprint density at radius 3 is 2.50 bits per heavy atom. The molecule has 106 valence electrons. The number of hydrogen-bond acceptors (Lipinski definition) is 2. The summed E-state index contributed by atoms with van der Waals surface area (Å²) in [6, 6.07) is 15.3. The summed E-state index contributed by atoms with van der Waals surface area (Å²) in [5.41, 5.74) is 1.15. The molecule has 0 amide bonds. The van der Waals surface area contributed by atoms with E-state index in [1.165, 1.54) is 17.0 Å². The Bertz CT molecular complexity index is 544. The molecule has 0 saturated carbocycles. The van der Waals surface area contributed by atoms with Crippen molar-refractivity contribution in [1.29, 1.82) is 0 Å². The van der Waals surface area contributed by atoms with Crippen LogP contribution in [0.4, 0.5) is 4.39 Å². The fourth-order valence-electron chi connectivity index (χ4n) is 1.90. The van der Waals surface area contributed by atoms with Gasteiger partial charge in [-0.25, -0.2) is 4.39 Å². The van der Waals surface area contributed by atoms with Gasteiger partial charge in [-0.1, -0.05) is 24.3 Å². The van der Waals surface area contributed by atoms with E-state index in [2.05, 4.69) is 33.4 Å². The van der Waals surface area contributed by atoms with Crippen LogP contribution in [0, 0.1) is 5.82 Å². The molecule has 0 fully saturated rings. The summed E-state index contributed by atoms with van der Waals surface area (Å²) in [6.07, 6.45) is 0.897. The van der Waals surface area contributed by atoms with Crippen LogP contribution in [0.3, 0.4) is 0 Å². The maximum Gasteiger partial charge on any atom is 0.123 e. The summed E-state index contributed by atoms with van der Waals surface area (Å²) in [5, 5.41) is 3.32. The fraction of sp³-hybridized carbons (Fsp3) is 0.250. The maximum absolute atomic E-state index is 12.9. The van der Waals surface area contributed by atoms with Crippen molar-refractivity contribution < 1.29 is 4.39 Å². The van der Waals surface area contributed by atoms with Crippen LogP contribution in [0.25, 0.3) is 0 Å². The highest BCUT2D eigenvalue weighted by molar-refractivity contribution is 9.10. The van der Waals surface area contributed by atoms with Crippen molar-refractivity contribution >= 4 is 27.7 Å². The Labute approximate surface area is 132 Å². The highest BCUT2D eigenvalue weighted by Crippen LogP contribution is 2.27. The van der Waals surface area contributed by atoms with Crippen molar-refractivity contribution in [3.63, 3.8) is 0 Å². The van der Waals surface area contributed by atoms with Gasteiger partial charge in [0, 0.05) is 21.2 Å². The normalized spacial score (nSPS) is 12.3.